The molecule has 0 aliphatic carbocycles. The van der Waals surface area contributed by atoms with Crippen LogP contribution in [0, 0.1) is 6.92 Å². The van der Waals surface area contributed by atoms with Gasteiger partial charge in [0.25, 0.3) is 0 Å². The average Bonchev–Trinajstić information content (AvgIpc) is 3.12. The highest BCUT2D eigenvalue weighted by atomic mass is 16.2. The predicted molar refractivity (Wildman–Crippen MR) is 120 cm³/mol. The van der Waals surface area contributed by atoms with Crippen LogP contribution in [0.25, 0.3) is 11.4 Å². The summed E-state index contributed by atoms with van der Waals surface area (Å²) in [5.41, 5.74) is 5.78. The molecule has 1 unspecified atom stereocenters. The Labute approximate surface area is 181 Å². The van der Waals surface area contributed by atoms with Gasteiger partial charge in [-0.05, 0) is 30.2 Å². The summed E-state index contributed by atoms with van der Waals surface area (Å²) in [7, 11) is 0. The van der Waals surface area contributed by atoms with Crippen molar-refractivity contribution in [2.24, 2.45) is 0 Å². The maximum absolute atomic E-state index is 13.3. The smallest absolute Gasteiger partial charge is 0.258 e. The first-order valence-electron chi connectivity index (χ1n) is 10.4. The molecule has 152 valence electrons. The van der Waals surface area contributed by atoms with Gasteiger partial charge in [-0.2, -0.15) is 4.57 Å². The van der Waals surface area contributed by atoms with Gasteiger partial charge in [-0.25, -0.2) is 9.78 Å². The molecule has 0 bridgehead atoms. The molecule has 2 aromatic carbocycles. The number of aryl methyl sites for hydroxylation is 1. The lowest BCUT2D eigenvalue weighted by Crippen LogP contribution is -2.44. The lowest BCUT2D eigenvalue weighted by Gasteiger charge is -2.07. The highest BCUT2D eigenvalue weighted by molar-refractivity contribution is 5.82. The summed E-state index contributed by atoms with van der Waals surface area (Å²) in [4.78, 5) is 22.6. The number of rotatable bonds is 5. The quantitative estimate of drug-likeness (QED) is 0.508. The number of carbonyl (C=O) groups is 1. The van der Waals surface area contributed by atoms with E-state index in [1.165, 1.54) is 5.56 Å². The van der Waals surface area contributed by atoms with Crippen molar-refractivity contribution in [2.75, 3.05) is 5.32 Å². The Morgan fingerprint density at radius 1 is 0.903 bits per heavy atom. The van der Waals surface area contributed by atoms with Crippen molar-refractivity contribution in [1.82, 2.24) is 9.97 Å². The predicted octanol–water partition coefficient (Wildman–Crippen LogP) is 4.01. The zero-order chi connectivity index (χ0) is 21.2. The van der Waals surface area contributed by atoms with E-state index < -0.39 is 0 Å². The number of pyridine rings is 1. The fourth-order valence-corrected chi connectivity index (χ4v) is 3.92. The number of hydrogen-bond acceptors (Lipinski definition) is 4. The Morgan fingerprint density at radius 3 is 2.42 bits per heavy atom. The normalized spacial score (nSPS) is 14.9. The topological polar surface area (TPSA) is 58.8 Å². The Bertz CT molecular complexity index is 1220. The molecule has 1 N–H and O–H groups in total. The second-order valence-corrected chi connectivity index (χ2v) is 7.89. The van der Waals surface area contributed by atoms with E-state index in [4.69, 9.17) is 4.98 Å². The van der Waals surface area contributed by atoms with E-state index in [-0.39, 0.29) is 11.9 Å². The van der Waals surface area contributed by atoms with Crippen LogP contribution >= 0.6 is 0 Å². The minimum atomic E-state index is -0.321. The van der Waals surface area contributed by atoms with Crippen LogP contribution in [-0.2, 0) is 12.8 Å². The lowest BCUT2D eigenvalue weighted by molar-refractivity contribution is -0.552. The van der Waals surface area contributed by atoms with Crippen molar-refractivity contribution >= 4 is 11.7 Å². The largest absolute Gasteiger partial charge is 0.359 e. The third-order valence-corrected chi connectivity index (χ3v) is 5.57. The molecule has 5 rings (SSSR count). The number of anilines is 1. The maximum atomic E-state index is 13.3. The fourth-order valence-electron chi connectivity index (χ4n) is 3.92. The van der Waals surface area contributed by atoms with E-state index in [1.54, 1.807) is 17.0 Å². The molecular formula is C26H23N4O+. The van der Waals surface area contributed by atoms with Gasteiger partial charge in [-0.3, -0.25) is 10.3 Å². The minimum Gasteiger partial charge on any atom is -0.258 e. The molecule has 2 aromatic heterocycles. The van der Waals surface area contributed by atoms with Gasteiger partial charge in [0.2, 0.25) is 0 Å². The van der Waals surface area contributed by atoms with Gasteiger partial charge in [-0.15, -0.1) is 0 Å². The van der Waals surface area contributed by atoms with Crippen LogP contribution in [-0.4, -0.2) is 21.9 Å². The second kappa shape index (κ2) is 8.11. The van der Waals surface area contributed by atoms with E-state index in [0.717, 1.165) is 28.3 Å². The summed E-state index contributed by atoms with van der Waals surface area (Å²) >= 11 is 0. The van der Waals surface area contributed by atoms with Gasteiger partial charge in [0.15, 0.2) is 6.04 Å². The van der Waals surface area contributed by atoms with Crippen LogP contribution in [0.3, 0.4) is 0 Å². The minimum absolute atomic E-state index is 0.0319. The first-order valence-corrected chi connectivity index (χ1v) is 10.4. The lowest BCUT2D eigenvalue weighted by atomic mass is 10.0. The van der Waals surface area contributed by atoms with Gasteiger partial charge in [0, 0.05) is 19.0 Å². The Kier molecular flexibility index (Phi) is 5.00. The van der Waals surface area contributed by atoms with Gasteiger partial charge in [0.1, 0.15) is 17.6 Å². The molecule has 1 aliphatic heterocycles. The number of fused-ring (bicyclic) bond motifs is 1. The molecule has 31 heavy (non-hydrogen) atoms. The summed E-state index contributed by atoms with van der Waals surface area (Å²) in [6.07, 6.45) is 4.81. The van der Waals surface area contributed by atoms with Gasteiger partial charge in [-0.1, -0.05) is 66.2 Å². The SMILES string of the molecule is Cc1ccc(CC2Nc3c(Cc4ccccc4)nc(-c4ccccn4)c[n+]3C2=O)cc1. The molecule has 5 nitrogen and oxygen atoms in total. The molecule has 3 heterocycles. The number of hydrogen-bond donors (Lipinski definition) is 1. The third-order valence-electron chi connectivity index (χ3n) is 5.57. The Morgan fingerprint density at radius 2 is 1.68 bits per heavy atom. The monoisotopic (exact) mass is 407 g/mol. The number of nitrogens with one attached hydrogen (secondary N) is 1. The Hall–Kier alpha value is -3.86. The van der Waals surface area contributed by atoms with Crippen LogP contribution in [0.5, 0.6) is 0 Å². The van der Waals surface area contributed by atoms with Crippen molar-refractivity contribution in [2.45, 2.75) is 25.8 Å². The molecule has 0 fully saturated rings. The van der Waals surface area contributed by atoms with E-state index in [2.05, 4.69) is 53.6 Å². The summed E-state index contributed by atoms with van der Waals surface area (Å²) in [5.74, 6) is 0.801. The van der Waals surface area contributed by atoms with Crippen molar-refractivity contribution in [1.29, 1.82) is 0 Å². The zero-order valence-corrected chi connectivity index (χ0v) is 17.3. The maximum Gasteiger partial charge on any atom is 0.359 e. The van der Waals surface area contributed by atoms with Crippen molar-refractivity contribution in [3.8, 4) is 11.4 Å². The van der Waals surface area contributed by atoms with Crippen LogP contribution < -0.4 is 9.88 Å². The standard InChI is InChI=1S/C26H22N4O/c1-18-10-12-20(13-11-18)16-23-26(31)30-17-24(21-9-5-6-14-27-21)28-22(25(30)29-23)15-19-7-3-2-4-8-19/h2-14,17,23H,15-16H2,1H3/p+1. The highest BCUT2D eigenvalue weighted by Gasteiger charge is 2.41. The molecule has 0 spiro atoms. The number of nitrogens with zero attached hydrogens (tertiary/aromatic N) is 3. The zero-order valence-electron chi connectivity index (χ0n) is 17.3. The van der Waals surface area contributed by atoms with Crippen molar-refractivity contribution < 1.29 is 9.36 Å². The van der Waals surface area contributed by atoms with E-state index >= 15 is 0 Å². The molecule has 1 atom stereocenters. The van der Waals surface area contributed by atoms with Crippen molar-refractivity contribution in [3.63, 3.8) is 0 Å². The third kappa shape index (κ3) is 3.94. The average molecular weight is 407 g/mol. The highest BCUT2D eigenvalue weighted by Crippen LogP contribution is 2.24. The second-order valence-electron chi connectivity index (χ2n) is 7.89. The van der Waals surface area contributed by atoms with Crippen LogP contribution in [0.15, 0.2) is 85.2 Å². The van der Waals surface area contributed by atoms with E-state index in [9.17, 15) is 4.79 Å². The molecule has 5 heteroatoms. The molecule has 0 amide bonds. The fraction of sp³-hybridized carbons (Fsp3) is 0.154. The van der Waals surface area contributed by atoms with Gasteiger partial charge < -0.3 is 0 Å². The summed E-state index contributed by atoms with van der Waals surface area (Å²) in [6.45, 7) is 2.06. The van der Waals surface area contributed by atoms with Gasteiger partial charge >= 0.3 is 11.7 Å². The first-order chi connectivity index (χ1) is 15.2. The molecule has 0 saturated heterocycles. The molecule has 0 saturated carbocycles. The van der Waals surface area contributed by atoms with E-state index in [1.807, 2.05) is 36.4 Å². The van der Waals surface area contributed by atoms with Crippen LogP contribution in [0.4, 0.5) is 5.82 Å². The number of benzene rings is 2. The first kappa shape index (κ1) is 19.1. The summed E-state index contributed by atoms with van der Waals surface area (Å²) < 4.78 is 1.72. The molecular weight excluding hydrogens is 384 g/mol. The van der Waals surface area contributed by atoms with E-state index in [0.29, 0.717) is 18.5 Å². The molecule has 1 aliphatic rings. The van der Waals surface area contributed by atoms with Crippen LogP contribution in [0.1, 0.15) is 27.2 Å². The summed E-state index contributed by atoms with van der Waals surface area (Å²) in [5, 5.41) is 3.45. The van der Waals surface area contributed by atoms with Crippen LogP contribution in [0.2, 0.25) is 0 Å². The van der Waals surface area contributed by atoms with Crippen molar-refractivity contribution in [3.05, 3.63) is 108 Å². The number of aromatic nitrogens is 3. The molecule has 0 radical (unpaired) electrons. The van der Waals surface area contributed by atoms with Gasteiger partial charge in [0.05, 0.1) is 5.69 Å². The summed E-state index contributed by atoms with van der Waals surface area (Å²) in [6, 6.07) is 23.9. The number of carbonyl (C=O) groups excluding carboxylic acids is 1. The Balaban J connectivity index is 1.53. The molecule has 4 aromatic rings.